The maximum Gasteiger partial charge on any atom is 0.226 e. The highest BCUT2D eigenvalue weighted by molar-refractivity contribution is 7.91. The van der Waals surface area contributed by atoms with E-state index in [-0.39, 0.29) is 23.3 Å². The van der Waals surface area contributed by atoms with E-state index >= 15 is 0 Å². The molecule has 0 radical (unpaired) electrons. The summed E-state index contributed by atoms with van der Waals surface area (Å²) >= 11 is 0. The van der Waals surface area contributed by atoms with Crippen LogP contribution in [0.3, 0.4) is 0 Å². The van der Waals surface area contributed by atoms with Crippen molar-refractivity contribution in [2.24, 2.45) is 5.92 Å². The minimum atomic E-state index is -3.02. The van der Waals surface area contributed by atoms with E-state index in [1.165, 1.54) is 0 Å². The zero-order valence-electron chi connectivity index (χ0n) is 12.0. The summed E-state index contributed by atoms with van der Waals surface area (Å²) in [6.45, 7) is 6.20. The third-order valence-corrected chi connectivity index (χ3v) is 6.01. The van der Waals surface area contributed by atoms with E-state index in [0.717, 1.165) is 0 Å². The first kappa shape index (κ1) is 15.3. The van der Waals surface area contributed by atoms with Gasteiger partial charge in [-0.3, -0.25) is 9.69 Å². The van der Waals surface area contributed by atoms with Crippen molar-refractivity contribution in [2.45, 2.75) is 25.8 Å². The van der Waals surface area contributed by atoms with Crippen LogP contribution < -0.4 is 0 Å². The minimum absolute atomic E-state index is 0.00423. The van der Waals surface area contributed by atoms with Gasteiger partial charge in [-0.25, -0.2) is 8.42 Å². The number of rotatable bonds is 2. The van der Waals surface area contributed by atoms with Crippen LogP contribution in [0.15, 0.2) is 0 Å². The van der Waals surface area contributed by atoms with Crippen molar-refractivity contribution in [1.29, 1.82) is 5.26 Å². The largest absolute Gasteiger partial charge is 0.340 e. The number of amides is 1. The van der Waals surface area contributed by atoms with Crippen LogP contribution in [0.1, 0.15) is 20.3 Å². The highest BCUT2D eigenvalue weighted by atomic mass is 32.2. The number of piperazine rings is 1. The van der Waals surface area contributed by atoms with E-state index in [1.807, 2.05) is 13.8 Å². The van der Waals surface area contributed by atoms with Gasteiger partial charge >= 0.3 is 0 Å². The Bertz CT molecular complexity index is 528. The van der Waals surface area contributed by atoms with Gasteiger partial charge in [0.1, 0.15) is 5.54 Å². The second kappa shape index (κ2) is 5.34. The molecule has 0 aliphatic carbocycles. The van der Waals surface area contributed by atoms with Crippen LogP contribution in [0.25, 0.3) is 0 Å². The van der Waals surface area contributed by atoms with Crippen molar-refractivity contribution in [1.82, 2.24) is 9.80 Å². The molecule has 2 aliphatic rings. The van der Waals surface area contributed by atoms with E-state index < -0.39 is 15.4 Å². The smallest absolute Gasteiger partial charge is 0.226 e. The topological polar surface area (TPSA) is 81.5 Å². The normalized spacial score (nSPS) is 27.2. The summed E-state index contributed by atoms with van der Waals surface area (Å²) in [5.74, 6) is -0.281. The lowest BCUT2D eigenvalue weighted by atomic mass is 10.0. The van der Waals surface area contributed by atoms with Gasteiger partial charge in [0, 0.05) is 26.2 Å². The molecule has 2 fully saturated rings. The Labute approximate surface area is 120 Å². The molecule has 0 aromatic carbocycles. The Morgan fingerprint density at radius 2 is 1.85 bits per heavy atom. The van der Waals surface area contributed by atoms with Crippen molar-refractivity contribution in [3.05, 3.63) is 0 Å². The molecule has 112 valence electrons. The van der Waals surface area contributed by atoms with Crippen LogP contribution in [0, 0.1) is 17.2 Å². The van der Waals surface area contributed by atoms with Crippen molar-refractivity contribution >= 4 is 15.7 Å². The SMILES string of the molecule is CC(C)(C#N)N1CCN(C(=O)C2CCS(=O)(=O)C2)CC1. The summed E-state index contributed by atoms with van der Waals surface area (Å²) in [4.78, 5) is 16.1. The molecule has 0 bridgehead atoms. The van der Waals surface area contributed by atoms with Crippen LogP contribution in [-0.2, 0) is 14.6 Å². The fraction of sp³-hybridized carbons (Fsp3) is 0.846. The van der Waals surface area contributed by atoms with E-state index in [0.29, 0.717) is 32.6 Å². The van der Waals surface area contributed by atoms with Crippen molar-refractivity contribution in [3.8, 4) is 6.07 Å². The monoisotopic (exact) mass is 299 g/mol. The minimum Gasteiger partial charge on any atom is -0.340 e. The van der Waals surface area contributed by atoms with E-state index in [4.69, 9.17) is 5.26 Å². The molecule has 0 aromatic rings. The Morgan fingerprint density at radius 3 is 2.30 bits per heavy atom. The molecule has 1 amide bonds. The van der Waals surface area contributed by atoms with Gasteiger partial charge in [0.2, 0.25) is 5.91 Å². The van der Waals surface area contributed by atoms with Gasteiger partial charge in [-0.2, -0.15) is 5.26 Å². The number of nitrogens with zero attached hydrogens (tertiary/aromatic N) is 3. The molecule has 1 unspecified atom stereocenters. The summed E-state index contributed by atoms with van der Waals surface area (Å²) < 4.78 is 22.9. The lowest BCUT2D eigenvalue weighted by Crippen LogP contribution is -2.56. The number of nitriles is 1. The van der Waals surface area contributed by atoms with Crippen LogP contribution in [0.2, 0.25) is 0 Å². The summed E-state index contributed by atoms with van der Waals surface area (Å²) in [6, 6.07) is 2.26. The second-order valence-electron chi connectivity index (χ2n) is 6.08. The molecule has 0 N–H and O–H groups in total. The maximum absolute atomic E-state index is 12.3. The first-order chi connectivity index (χ1) is 9.25. The van der Waals surface area contributed by atoms with Gasteiger partial charge in [-0.15, -0.1) is 0 Å². The summed E-state index contributed by atoms with van der Waals surface area (Å²) in [5, 5.41) is 9.11. The Kier molecular flexibility index (Phi) is 4.07. The Balaban J connectivity index is 1.92. The van der Waals surface area contributed by atoms with Crippen LogP contribution in [-0.4, -0.2) is 67.3 Å². The van der Waals surface area contributed by atoms with Crippen LogP contribution in [0.5, 0.6) is 0 Å². The lowest BCUT2D eigenvalue weighted by Gasteiger charge is -2.41. The van der Waals surface area contributed by atoms with Crippen LogP contribution in [0.4, 0.5) is 0 Å². The van der Waals surface area contributed by atoms with E-state index in [9.17, 15) is 13.2 Å². The zero-order chi connectivity index (χ0) is 15.0. The van der Waals surface area contributed by atoms with Gasteiger partial charge in [-0.05, 0) is 20.3 Å². The van der Waals surface area contributed by atoms with E-state index in [1.54, 1.807) is 4.90 Å². The fourth-order valence-electron chi connectivity index (χ4n) is 2.80. The first-order valence-electron chi connectivity index (χ1n) is 6.91. The van der Waals surface area contributed by atoms with Crippen molar-refractivity contribution in [3.63, 3.8) is 0 Å². The average Bonchev–Trinajstić information content (AvgIpc) is 2.78. The van der Waals surface area contributed by atoms with Gasteiger partial charge in [0.25, 0.3) is 0 Å². The highest BCUT2D eigenvalue weighted by Crippen LogP contribution is 2.22. The molecule has 0 saturated carbocycles. The molecule has 0 aromatic heterocycles. The van der Waals surface area contributed by atoms with E-state index in [2.05, 4.69) is 11.0 Å². The van der Waals surface area contributed by atoms with Crippen molar-refractivity contribution in [2.75, 3.05) is 37.7 Å². The number of hydrogen-bond acceptors (Lipinski definition) is 5. The van der Waals surface area contributed by atoms with Crippen molar-refractivity contribution < 1.29 is 13.2 Å². The Hall–Kier alpha value is -1.13. The molecule has 20 heavy (non-hydrogen) atoms. The molecule has 6 nitrogen and oxygen atoms in total. The third-order valence-electron chi connectivity index (χ3n) is 4.24. The summed E-state index contributed by atoms with van der Waals surface area (Å²) in [7, 11) is -3.02. The average molecular weight is 299 g/mol. The summed E-state index contributed by atoms with van der Waals surface area (Å²) in [6.07, 6.45) is 0.449. The molecule has 2 saturated heterocycles. The maximum atomic E-state index is 12.3. The van der Waals surface area contributed by atoms with Gasteiger partial charge < -0.3 is 4.90 Å². The molecule has 2 aliphatic heterocycles. The highest BCUT2D eigenvalue weighted by Gasteiger charge is 2.37. The number of sulfone groups is 1. The standard InChI is InChI=1S/C13H21N3O3S/c1-13(2,10-14)16-6-4-15(5-7-16)12(17)11-3-8-20(18,19)9-11/h11H,3-9H2,1-2H3. The van der Waals surface area contributed by atoms with Gasteiger partial charge in [-0.1, -0.05) is 0 Å². The predicted octanol–water partition coefficient (Wildman–Crippen LogP) is -0.133. The zero-order valence-corrected chi connectivity index (χ0v) is 12.8. The molecule has 2 rings (SSSR count). The fourth-order valence-corrected chi connectivity index (χ4v) is 4.54. The Morgan fingerprint density at radius 1 is 1.25 bits per heavy atom. The molecule has 2 heterocycles. The van der Waals surface area contributed by atoms with Gasteiger partial charge in [0.05, 0.1) is 23.5 Å². The quantitative estimate of drug-likeness (QED) is 0.709. The number of hydrogen-bond donors (Lipinski definition) is 0. The van der Waals surface area contributed by atoms with Gasteiger partial charge in [0.15, 0.2) is 9.84 Å². The molecule has 0 spiro atoms. The number of carbonyl (C=O) groups excluding carboxylic acids is 1. The number of carbonyl (C=O) groups is 1. The van der Waals surface area contributed by atoms with Crippen LogP contribution >= 0.6 is 0 Å². The third kappa shape index (κ3) is 3.13. The molecular weight excluding hydrogens is 278 g/mol. The first-order valence-corrected chi connectivity index (χ1v) is 8.73. The molecule has 7 heteroatoms. The molecule has 1 atom stereocenters. The second-order valence-corrected chi connectivity index (χ2v) is 8.31. The molecular formula is C13H21N3O3S. The lowest BCUT2D eigenvalue weighted by molar-refractivity contribution is -0.137. The summed E-state index contributed by atoms with van der Waals surface area (Å²) in [5.41, 5.74) is -0.522. The predicted molar refractivity (Wildman–Crippen MR) is 74.6 cm³/mol.